The van der Waals surface area contributed by atoms with Crippen molar-refractivity contribution in [2.45, 2.75) is 51.1 Å². The third-order valence-corrected chi connectivity index (χ3v) is 5.63. The van der Waals surface area contributed by atoms with Crippen molar-refractivity contribution in [3.8, 4) is 11.4 Å². The van der Waals surface area contributed by atoms with E-state index in [-0.39, 0.29) is 6.04 Å². The van der Waals surface area contributed by atoms with Crippen molar-refractivity contribution in [3.63, 3.8) is 0 Å². The first-order valence-corrected chi connectivity index (χ1v) is 9.96. The van der Waals surface area contributed by atoms with Gasteiger partial charge in [0.15, 0.2) is 5.82 Å². The summed E-state index contributed by atoms with van der Waals surface area (Å²) in [4.78, 5) is 14.2. The van der Waals surface area contributed by atoms with Crippen molar-refractivity contribution in [1.82, 2.24) is 24.7 Å². The van der Waals surface area contributed by atoms with Gasteiger partial charge >= 0.3 is 0 Å². The predicted octanol–water partition coefficient (Wildman–Crippen LogP) is 4.21. The lowest BCUT2D eigenvalue weighted by atomic mass is 9.95. The van der Waals surface area contributed by atoms with Crippen molar-refractivity contribution in [2.24, 2.45) is 0 Å². The van der Waals surface area contributed by atoms with E-state index in [1.165, 1.54) is 18.4 Å². The van der Waals surface area contributed by atoms with Gasteiger partial charge in [0.2, 0.25) is 0 Å². The lowest BCUT2D eigenvalue weighted by Crippen LogP contribution is -2.24. The Hall–Kier alpha value is -2.47. The van der Waals surface area contributed by atoms with Crippen molar-refractivity contribution in [3.05, 3.63) is 52.7 Å². The molecule has 27 heavy (non-hydrogen) atoms. The molecule has 6 nitrogen and oxygen atoms in total. The number of aromatic nitrogens is 5. The summed E-state index contributed by atoms with van der Waals surface area (Å²) in [5, 5.41) is 8.70. The SMILES string of the molecule is Clc1cccc(-c2nc3c(c(NC4CCCn5ncnc54)n2)CCCC3)c1. The molecule has 0 bridgehead atoms. The zero-order valence-corrected chi connectivity index (χ0v) is 15.8. The molecule has 0 saturated carbocycles. The van der Waals surface area contributed by atoms with Gasteiger partial charge in [0, 0.05) is 28.4 Å². The minimum Gasteiger partial charge on any atom is -0.360 e. The molecule has 7 heteroatoms. The Morgan fingerprint density at radius 3 is 2.96 bits per heavy atom. The van der Waals surface area contributed by atoms with Crippen LogP contribution in [0.1, 0.15) is 48.8 Å². The second kappa shape index (κ2) is 6.93. The fraction of sp³-hybridized carbons (Fsp3) is 0.400. The Morgan fingerprint density at radius 1 is 1.11 bits per heavy atom. The van der Waals surface area contributed by atoms with E-state index in [9.17, 15) is 0 Å². The zero-order valence-electron chi connectivity index (χ0n) is 15.0. The molecular formula is C20H21ClN6. The van der Waals surface area contributed by atoms with Gasteiger partial charge in [-0.1, -0.05) is 23.7 Å². The number of rotatable bonds is 3. The smallest absolute Gasteiger partial charge is 0.161 e. The molecule has 0 fully saturated rings. The maximum atomic E-state index is 6.19. The summed E-state index contributed by atoms with van der Waals surface area (Å²) >= 11 is 6.19. The van der Waals surface area contributed by atoms with Crippen LogP contribution in [0, 0.1) is 0 Å². The van der Waals surface area contributed by atoms with Gasteiger partial charge in [-0.05, 0) is 50.7 Å². The van der Waals surface area contributed by atoms with Crippen LogP contribution >= 0.6 is 11.6 Å². The number of hydrogen-bond acceptors (Lipinski definition) is 5. The molecule has 2 aliphatic rings. The second-order valence-corrected chi connectivity index (χ2v) is 7.66. The fourth-order valence-electron chi connectivity index (χ4n) is 4.06. The summed E-state index contributed by atoms with van der Waals surface area (Å²) in [7, 11) is 0. The van der Waals surface area contributed by atoms with Crippen molar-refractivity contribution in [2.75, 3.05) is 5.32 Å². The summed E-state index contributed by atoms with van der Waals surface area (Å²) in [5.74, 6) is 2.67. The number of halogens is 1. The highest BCUT2D eigenvalue weighted by atomic mass is 35.5. The average molecular weight is 381 g/mol. The Bertz CT molecular complexity index is 982. The Balaban J connectivity index is 1.56. The number of hydrogen-bond donors (Lipinski definition) is 1. The Morgan fingerprint density at radius 2 is 2.04 bits per heavy atom. The van der Waals surface area contributed by atoms with Gasteiger partial charge in [-0.15, -0.1) is 0 Å². The van der Waals surface area contributed by atoms with Crippen LogP contribution in [0.4, 0.5) is 5.82 Å². The van der Waals surface area contributed by atoms with Crippen LogP contribution in [-0.4, -0.2) is 24.7 Å². The molecule has 1 aromatic carbocycles. The average Bonchev–Trinajstić information content (AvgIpc) is 3.18. The topological polar surface area (TPSA) is 68.5 Å². The molecule has 0 saturated heterocycles. The highest BCUT2D eigenvalue weighted by Gasteiger charge is 2.26. The summed E-state index contributed by atoms with van der Waals surface area (Å²) in [6.07, 6.45) is 8.14. The normalized spacial score (nSPS) is 18.6. The number of benzene rings is 1. The van der Waals surface area contributed by atoms with Crippen LogP contribution in [0.25, 0.3) is 11.4 Å². The third-order valence-electron chi connectivity index (χ3n) is 5.40. The summed E-state index contributed by atoms with van der Waals surface area (Å²) in [6.45, 7) is 0.934. The minimum absolute atomic E-state index is 0.134. The molecule has 1 atom stereocenters. The van der Waals surface area contributed by atoms with E-state index >= 15 is 0 Å². The molecule has 1 unspecified atom stereocenters. The number of anilines is 1. The molecule has 5 rings (SSSR count). The van der Waals surface area contributed by atoms with Gasteiger partial charge in [0.25, 0.3) is 0 Å². The van der Waals surface area contributed by atoms with E-state index in [1.54, 1.807) is 6.33 Å². The van der Waals surface area contributed by atoms with Crippen LogP contribution in [0.3, 0.4) is 0 Å². The van der Waals surface area contributed by atoms with Gasteiger partial charge in [0.05, 0.1) is 6.04 Å². The maximum Gasteiger partial charge on any atom is 0.161 e. The molecule has 2 aromatic heterocycles. The third kappa shape index (κ3) is 3.18. The highest BCUT2D eigenvalue weighted by Crippen LogP contribution is 2.33. The van der Waals surface area contributed by atoms with E-state index in [2.05, 4.69) is 15.4 Å². The van der Waals surface area contributed by atoms with Crippen molar-refractivity contribution >= 4 is 17.4 Å². The fourth-order valence-corrected chi connectivity index (χ4v) is 4.25. The summed E-state index contributed by atoms with van der Waals surface area (Å²) in [6, 6.07) is 7.88. The number of nitrogens with one attached hydrogen (secondary N) is 1. The molecule has 3 aromatic rings. The van der Waals surface area contributed by atoms with Crippen LogP contribution in [0.5, 0.6) is 0 Å². The monoisotopic (exact) mass is 380 g/mol. The number of aryl methyl sites for hydroxylation is 2. The van der Waals surface area contributed by atoms with E-state index in [0.29, 0.717) is 5.02 Å². The van der Waals surface area contributed by atoms with Crippen LogP contribution in [-0.2, 0) is 19.4 Å². The van der Waals surface area contributed by atoms with Gasteiger partial charge in [0.1, 0.15) is 18.0 Å². The quantitative estimate of drug-likeness (QED) is 0.736. The van der Waals surface area contributed by atoms with Gasteiger partial charge < -0.3 is 5.32 Å². The first kappa shape index (κ1) is 16.7. The van der Waals surface area contributed by atoms with Crippen LogP contribution in [0.15, 0.2) is 30.6 Å². The molecule has 1 aliphatic carbocycles. The summed E-state index contributed by atoms with van der Waals surface area (Å²) in [5.41, 5.74) is 3.36. The number of fused-ring (bicyclic) bond motifs is 2. The van der Waals surface area contributed by atoms with E-state index in [1.807, 2.05) is 28.9 Å². The predicted molar refractivity (Wildman–Crippen MR) is 105 cm³/mol. The van der Waals surface area contributed by atoms with Gasteiger partial charge in [-0.25, -0.2) is 19.6 Å². The highest BCUT2D eigenvalue weighted by molar-refractivity contribution is 6.30. The lowest BCUT2D eigenvalue weighted by Gasteiger charge is -2.26. The van der Waals surface area contributed by atoms with Crippen molar-refractivity contribution < 1.29 is 0 Å². The second-order valence-electron chi connectivity index (χ2n) is 7.22. The maximum absolute atomic E-state index is 6.19. The summed E-state index contributed by atoms with van der Waals surface area (Å²) < 4.78 is 1.99. The minimum atomic E-state index is 0.134. The molecule has 1 N–H and O–H groups in total. The first-order chi connectivity index (χ1) is 13.3. The molecular weight excluding hydrogens is 360 g/mol. The standard InChI is InChI=1S/C20H21ClN6/c21-14-6-3-5-13(11-14)18-24-16-8-2-1-7-15(16)19(26-18)25-17-9-4-10-27-20(17)22-12-23-27/h3,5-6,11-12,17H,1-2,4,7-10H2,(H,24,25,26). The van der Waals surface area contributed by atoms with Crippen molar-refractivity contribution in [1.29, 1.82) is 0 Å². The molecule has 1 aliphatic heterocycles. The lowest BCUT2D eigenvalue weighted by molar-refractivity contribution is 0.437. The molecule has 3 heterocycles. The molecule has 0 spiro atoms. The first-order valence-electron chi connectivity index (χ1n) is 9.58. The zero-order chi connectivity index (χ0) is 18.2. The van der Waals surface area contributed by atoms with Crippen LogP contribution < -0.4 is 5.32 Å². The van der Waals surface area contributed by atoms with E-state index in [0.717, 1.165) is 61.0 Å². The Kier molecular flexibility index (Phi) is 4.28. The molecule has 138 valence electrons. The number of nitrogens with zero attached hydrogens (tertiary/aromatic N) is 5. The molecule has 0 amide bonds. The largest absolute Gasteiger partial charge is 0.360 e. The van der Waals surface area contributed by atoms with Gasteiger partial charge in [-0.3, -0.25) is 0 Å². The Labute approximate surface area is 163 Å². The molecule has 0 radical (unpaired) electrons. The van der Waals surface area contributed by atoms with Gasteiger partial charge in [-0.2, -0.15) is 5.10 Å². The van der Waals surface area contributed by atoms with Crippen LogP contribution in [0.2, 0.25) is 5.02 Å². The van der Waals surface area contributed by atoms with E-state index in [4.69, 9.17) is 21.6 Å². The van der Waals surface area contributed by atoms with E-state index < -0.39 is 0 Å².